The molecule has 0 bridgehead atoms. The minimum absolute atomic E-state index is 0.507. The van der Waals surface area contributed by atoms with Crippen LogP contribution in [-0.2, 0) is 9.47 Å². The van der Waals surface area contributed by atoms with Crippen LogP contribution in [0.15, 0.2) is 0 Å². The van der Waals surface area contributed by atoms with Crippen molar-refractivity contribution in [3.8, 4) is 0 Å². The average Bonchev–Trinajstić information content (AvgIpc) is 2.17. The van der Waals surface area contributed by atoms with E-state index in [0.717, 1.165) is 24.1 Å². The van der Waals surface area contributed by atoms with Gasteiger partial charge in [-0.3, -0.25) is 0 Å². The molecule has 2 fully saturated rings. The van der Waals surface area contributed by atoms with Crippen molar-refractivity contribution >= 4 is 22.6 Å². The molecule has 2 aliphatic rings. The minimum Gasteiger partial charge on any atom is -0.381 e. The summed E-state index contributed by atoms with van der Waals surface area (Å²) < 4.78 is 12.5. The van der Waals surface area contributed by atoms with E-state index in [9.17, 15) is 0 Å². The molecule has 3 unspecified atom stereocenters. The first-order chi connectivity index (χ1) is 5.90. The van der Waals surface area contributed by atoms with Crippen molar-refractivity contribution in [3.63, 3.8) is 0 Å². The molecular formula is C9H15IO2. The van der Waals surface area contributed by atoms with Crippen LogP contribution in [0, 0.1) is 5.92 Å². The van der Waals surface area contributed by atoms with Crippen molar-refractivity contribution in [1.29, 1.82) is 0 Å². The molecule has 0 spiro atoms. The maximum Gasteiger partial charge on any atom is 0.0668 e. The molecule has 0 aromatic heterocycles. The Kier molecular flexibility index (Phi) is 3.26. The van der Waals surface area contributed by atoms with E-state index in [2.05, 4.69) is 22.6 Å². The van der Waals surface area contributed by atoms with E-state index in [1.165, 1.54) is 12.8 Å². The maximum absolute atomic E-state index is 5.95. The van der Waals surface area contributed by atoms with Gasteiger partial charge in [-0.05, 0) is 19.3 Å². The van der Waals surface area contributed by atoms with E-state index in [1.807, 2.05) is 0 Å². The van der Waals surface area contributed by atoms with Crippen LogP contribution >= 0.6 is 22.6 Å². The number of hydrogen-bond acceptors (Lipinski definition) is 2. The van der Waals surface area contributed by atoms with E-state index in [1.54, 1.807) is 0 Å². The Hall–Kier alpha value is 0.650. The summed E-state index contributed by atoms with van der Waals surface area (Å²) in [6.07, 6.45) is 4.67. The second-order valence-corrected chi connectivity index (χ2v) is 4.53. The van der Waals surface area contributed by atoms with Crippen LogP contribution in [-0.4, -0.2) is 29.8 Å². The van der Waals surface area contributed by atoms with Crippen molar-refractivity contribution in [2.75, 3.05) is 17.6 Å². The van der Waals surface area contributed by atoms with Gasteiger partial charge in [-0.2, -0.15) is 0 Å². The lowest BCUT2D eigenvalue weighted by Gasteiger charge is -2.38. The maximum atomic E-state index is 5.95. The van der Waals surface area contributed by atoms with E-state index >= 15 is 0 Å². The van der Waals surface area contributed by atoms with Crippen molar-refractivity contribution < 1.29 is 9.47 Å². The zero-order valence-electron chi connectivity index (χ0n) is 7.17. The van der Waals surface area contributed by atoms with Gasteiger partial charge in [0.15, 0.2) is 0 Å². The van der Waals surface area contributed by atoms with E-state index in [4.69, 9.17) is 9.47 Å². The summed E-state index contributed by atoms with van der Waals surface area (Å²) in [5.74, 6) is 0.693. The molecule has 0 amide bonds. The largest absolute Gasteiger partial charge is 0.381 e. The Labute approximate surface area is 87.1 Å². The predicted octanol–water partition coefficient (Wildman–Crippen LogP) is 2.01. The quantitative estimate of drug-likeness (QED) is 0.541. The number of hydrogen-bond donors (Lipinski definition) is 0. The van der Waals surface area contributed by atoms with Crippen molar-refractivity contribution in [1.82, 2.24) is 0 Å². The molecule has 2 rings (SSSR count). The number of alkyl halides is 1. The Morgan fingerprint density at radius 3 is 3.00 bits per heavy atom. The molecule has 0 aromatic carbocycles. The highest BCUT2D eigenvalue weighted by molar-refractivity contribution is 14.1. The number of halogens is 1. The number of rotatable bonds is 1. The Balaban J connectivity index is 1.90. The predicted molar refractivity (Wildman–Crippen MR) is 55.7 cm³/mol. The van der Waals surface area contributed by atoms with Gasteiger partial charge in [-0.15, -0.1) is 0 Å². The Morgan fingerprint density at radius 1 is 1.25 bits per heavy atom. The summed E-state index contributed by atoms with van der Waals surface area (Å²) in [7, 11) is 0. The van der Waals surface area contributed by atoms with Crippen LogP contribution in [0.5, 0.6) is 0 Å². The van der Waals surface area contributed by atoms with Crippen LogP contribution in [0.4, 0.5) is 0 Å². The van der Waals surface area contributed by atoms with Crippen LogP contribution in [0.3, 0.4) is 0 Å². The standard InChI is InChI=1S/C9H15IO2/c10-5-8-2-1-7-6-11-4-3-9(7)12-8/h7-9H,1-6H2. The smallest absolute Gasteiger partial charge is 0.0668 e. The fourth-order valence-electron chi connectivity index (χ4n) is 2.05. The van der Waals surface area contributed by atoms with Crippen LogP contribution in [0.2, 0.25) is 0 Å². The van der Waals surface area contributed by atoms with E-state index < -0.39 is 0 Å². The summed E-state index contributed by atoms with van der Waals surface area (Å²) in [6.45, 7) is 1.83. The highest BCUT2D eigenvalue weighted by Gasteiger charge is 2.32. The van der Waals surface area contributed by atoms with Gasteiger partial charge in [0.25, 0.3) is 0 Å². The molecule has 3 heteroatoms. The summed E-state index contributed by atoms with van der Waals surface area (Å²) >= 11 is 2.41. The zero-order valence-corrected chi connectivity index (χ0v) is 9.33. The summed E-state index contributed by atoms with van der Waals surface area (Å²) in [5.41, 5.74) is 0. The molecular weight excluding hydrogens is 267 g/mol. The van der Waals surface area contributed by atoms with Crippen molar-refractivity contribution in [2.24, 2.45) is 5.92 Å². The topological polar surface area (TPSA) is 18.5 Å². The molecule has 2 nitrogen and oxygen atoms in total. The SMILES string of the molecule is ICC1CCC2COCCC2O1. The molecule has 2 saturated heterocycles. The van der Waals surface area contributed by atoms with Gasteiger partial charge in [0.05, 0.1) is 18.8 Å². The lowest BCUT2D eigenvalue weighted by Crippen LogP contribution is -2.41. The van der Waals surface area contributed by atoms with Gasteiger partial charge in [-0.25, -0.2) is 0 Å². The van der Waals surface area contributed by atoms with Gasteiger partial charge in [0.2, 0.25) is 0 Å². The molecule has 2 heterocycles. The molecule has 70 valence electrons. The first-order valence-electron chi connectivity index (χ1n) is 4.69. The monoisotopic (exact) mass is 282 g/mol. The highest BCUT2D eigenvalue weighted by atomic mass is 127. The third kappa shape index (κ3) is 1.93. The lowest BCUT2D eigenvalue weighted by molar-refractivity contribution is -0.129. The second-order valence-electron chi connectivity index (χ2n) is 3.65. The fraction of sp³-hybridized carbons (Fsp3) is 1.00. The molecule has 12 heavy (non-hydrogen) atoms. The highest BCUT2D eigenvalue weighted by Crippen LogP contribution is 2.30. The summed E-state index contributed by atoms with van der Waals surface area (Å²) in [5, 5.41) is 0. The summed E-state index contributed by atoms with van der Waals surface area (Å²) in [4.78, 5) is 0. The first kappa shape index (κ1) is 9.21. The molecule has 0 aromatic rings. The number of ether oxygens (including phenoxy) is 2. The van der Waals surface area contributed by atoms with Crippen LogP contribution < -0.4 is 0 Å². The van der Waals surface area contributed by atoms with E-state index in [0.29, 0.717) is 18.1 Å². The number of fused-ring (bicyclic) bond motifs is 1. The molecule has 3 atom stereocenters. The third-order valence-electron chi connectivity index (χ3n) is 2.80. The minimum atomic E-state index is 0.507. The van der Waals surface area contributed by atoms with Crippen molar-refractivity contribution in [2.45, 2.75) is 31.5 Å². The Morgan fingerprint density at radius 2 is 2.17 bits per heavy atom. The molecule has 2 aliphatic heterocycles. The first-order valence-corrected chi connectivity index (χ1v) is 6.22. The van der Waals surface area contributed by atoms with Crippen molar-refractivity contribution in [3.05, 3.63) is 0 Å². The normalized spacial score (nSPS) is 42.2. The Bertz CT molecular complexity index is 151. The van der Waals surface area contributed by atoms with Crippen LogP contribution in [0.25, 0.3) is 0 Å². The molecule has 0 N–H and O–H groups in total. The molecule has 0 radical (unpaired) electrons. The zero-order chi connectivity index (χ0) is 8.39. The lowest BCUT2D eigenvalue weighted by atomic mass is 9.89. The van der Waals surface area contributed by atoms with E-state index in [-0.39, 0.29) is 0 Å². The molecule has 0 saturated carbocycles. The second kappa shape index (κ2) is 4.24. The van der Waals surface area contributed by atoms with Gasteiger partial charge >= 0.3 is 0 Å². The van der Waals surface area contributed by atoms with Gasteiger partial charge < -0.3 is 9.47 Å². The summed E-state index contributed by atoms with van der Waals surface area (Å²) in [6, 6.07) is 0. The molecule has 0 aliphatic carbocycles. The van der Waals surface area contributed by atoms with Gasteiger partial charge in [-0.1, -0.05) is 22.6 Å². The average molecular weight is 282 g/mol. The fourth-order valence-corrected chi connectivity index (χ4v) is 2.70. The van der Waals surface area contributed by atoms with Crippen LogP contribution in [0.1, 0.15) is 19.3 Å². The third-order valence-corrected chi connectivity index (χ3v) is 3.79. The van der Waals surface area contributed by atoms with Gasteiger partial charge in [0, 0.05) is 17.0 Å². The van der Waals surface area contributed by atoms with Gasteiger partial charge in [0.1, 0.15) is 0 Å².